The van der Waals surface area contributed by atoms with Crippen LogP contribution in [0, 0.1) is 19.9 Å². The molecule has 6 aromatic rings. The number of pyridine rings is 1. The molecule has 0 fully saturated rings. The third-order valence-electron chi connectivity index (χ3n) is 6.35. The Balaban J connectivity index is 0.00000253. The first-order valence-electron chi connectivity index (χ1n) is 11.2. The zero-order valence-electron chi connectivity index (χ0n) is 19.1. The van der Waals surface area contributed by atoms with E-state index in [2.05, 4.69) is 43.1 Å². The molecule has 4 nitrogen and oxygen atoms in total. The Morgan fingerprint density at radius 1 is 0.771 bits per heavy atom. The Kier molecular flexibility index (Phi) is 6.00. The molecule has 0 saturated heterocycles. The number of phenols is 1. The number of fused-ring (bicyclic) bond motifs is 2. The summed E-state index contributed by atoms with van der Waals surface area (Å²) in [5, 5.41) is 11.4. The third-order valence-corrected chi connectivity index (χ3v) is 6.35. The molecule has 5 heteroatoms. The molecule has 0 aliphatic carbocycles. The predicted octanol–water partition coefficient (Wildman–Crippen LogP) is 7.50. The van der Waals surface area contributed by atoms with Crippen LogP contribution >= 0.6 is 0 Å². The van der Waals surface area contributed by atoms with E-state index < -0.39 is 0 Å². The average molecular weight is 637 g/mol. The first-order valence-corrected chi connectivity index (χ1v) is 11.2. The van der Waals surface area contributed by atoms with Crippen molar-refractivity contribution in [1.29, 1.82) is 0 Å². The number of phenolic OH excluding ortho intramolecular Hbond substituents is 1. The molecule has 2 aromatic heterocycles. The summed E-state index contributed by atoms with van der Waals surface area (Å²) in [6.07, 6.45) is 1.83. The summed E-state index contributed by atoms with van der Waals surface area (Å²) in [6, 6.07) is 28.9. The molecule has 0 bridgehead atoms. The van der Waals surface area contributed by atoms with Crippen LogP contribution in [0.3, 0.4) is 0 Å². The van der Waals surface area contributed by atoms with Gasteiger partial charge in [-0.2, -0.15) is 0 Å². The zero-order chi connectivity index (χ0) is 23.2. The molecule has 174 valence electrons. The fraction of sp³-hybridized carbons (Fsp3) is 0.0667. The van der Waals surface area contributed by atoms with Crippen molar-refractivity contribution in [3.8, 4) is 39.5 Å². The van der Waals surface area contributed by atoms with Crippen LogP contribution in [0.25, 0.3) is 55.7 Å². The number of aromatic nitrogens is 2. The molecule has 0 radical (unpaired) electrons. The Morgan fingerprint density at radius 2 is 1.51 bits per heavy atom. The van der Waals surface area contributed by atoms with Crippen molar-refractivity contribution in [2.75, 3.05) is 0 Å². The molecule has 0 unspecified atom stereocenters. The fourth-order valence-corrected chi connectivity index (χ4v) is 4.45. The van der Waals surface area contributed by atoms with Gasteiger partial charge in [-0.15, -0.1) is 35.4 Å². The quantitative estimate of drug-likeness (QED) is 0.205. The van der Waals surface area contributed by atoms with Crippen molar-refractivity contribution in [2.24, 2.45) is 0 Å². The van der Waals surface area contributed by atoms with Crippen LogP contribution in [0.1, 0.15) is 11.1 Å². The molecular weight excluding hydrogens is 615 g/mol. The molecule has 0 spiro atoms. The first-order chi connectivity index (χ1) is 16.6. The van der Waals surface area contributed by atoms with Gasteiger partial charge >= 0.3 is 0 Å². The van der Waals surface area contributed by atoms with Crippen LogP contribution in [0.15, 0.2) is 89.5 Å². The first kappa shape index (κ1) is 23.0. The van der Waals surface area contributed by atoms with E-state index in [1.807, 2.05) is 48.7 Å². The summed E-state index contributed by atoms with van der Waals surface area (Å²) in [5.41, 5.74) is 9.27. The minimum atomic E-state index is 0. The summed E-state index contributed by atoms with van der Waals surface area (Å²) in [6.45, 7) is 4.27. The summed E-state index contributed by atoms with van der Waals surface area (Å²) < 4.78 is 6.00. The maximum Gasteiger partial charge on any atom is 0.230 e. The molecule has 0 aliphatic rings. The monoisotopic (exact) mass is 636 g/mol. The summed E-state index contributed by atoms with van der Waals surface area (Å²) in [4.78, 5) is 9.43. The van der Waals surface area contributed by atoms with Crippen LogP contribution < -0.4 is 0 Å². The predicted molar refractivity (Wildman–Crippen MR) is 136 cm³/mol. The summed E-state index contributed by atoms with van der Waals surface area (Å²) >= 11 is 0. The van der Waals surface area contributed by atoms with E-state index in [1.165, 1.54) is 11.1 Å². The molecule has 0 amide bonds. The molecule has 1 N–H and O–H groups in total. The number of rotatable bonds is 3. The second kappa shape index (κ2) is 9.13. The minimum absolute atomic E-state index is 0. The van der Waals surface area contributed by atoms with Gasteiger partial charge in [0, 0.05) is 32.8 Å². The van der Waals surface area contributed by atoms with Gasteiger partial charge in [0.05, 0.1) is 11.1 Å². The number of benzene rings is 4. The van der Waals surface area contributed by atoms with Gasteiger partial charge in [-0.3, -0.25) is 4.98 Å². The Labute approximate surface area is 217 Å². The molecule has 0 atom stereocenters. The molecule has 4 aromatic carbocycles. The van der Waals surface area contributed by atoms with Crippen LogP contribution in [-0.4, -0.2) is 15.1 Å². The van der Waals surface area contributed by atoms with Gasteiger partial charge in [0.1, 0.15) is 11.3 Å². The number of nitrogens with zero attached hydrogens (tertiary/aromatic N) is 2. The number of aryl methyl sites for hydroxylation is 2. The van der Waals surface area contributed by atoms with Crippen molar-refractivity contribution in [3.63, 3.8) is 0 Å². The van der Waals surface area contributed by atoms with Gasteiger partial charge in [-0.05, 0) is 49.1 Å². The SMILES string of the molecule is Cc1cc(-c2[c-]c(-c3cccc4oc(-c5ccccc5O)nc34)ccc2)c2ncccc2c1C.[Pt]. The number of aromatic hydroxyl groups is 1. The third kappa shape index (κ3) is 3.94. The van der Waals surface area contributed by atoms with Gasteiger partial charge in [0.15, 0.2) is 0 Å². The van der Waals surface area contributed by atoms with Crippen molar-refractivity contribution < 1.29 is 30.6 Å². The Morgan fingerprint density at radius 3 is 2.34 bits per heavy atom. The van der Waals surface area contributed by atoms with E-state index in [4.69, 9.17) is 9.40 Å². The van der Waals surface area contributed by atoms with E-state index in [0.717, 1.165) is 38.7 Å². The second-order valence-electron chi connectivity index (χ2n) is 8.43. The van der Waals surface area contributed by atoms with Crippen LogP contribution in [-0.2, 0) is 21.1 Å². The maximum absolute atomic E-state index is 10.3. The number of para-hydroxylation sites is 2. The Bertz CT molecular complexity index is 1700. The number of hydrogen-bond donors (Lipinski definition) is 1. The number of oxazole rings is 1. The molecule has 2 heterocycles. The summed E-state index contributed by atoms with van der Waals surface area (Å²) in [5.74, 6) is 0.527. The fourth-order valence-electron chi connectivity index (χ4n) is 4.45. The number of hydrogen-bond acceptors (Lipinski definition) is 4. The Hall–Kier alpha value is -3.75. The van der Waals surface area contributed by atoms with Crippen LogP contribution in [0.5, 0.6) is 5.75 Å². The molecule has 0 saturated carbocycles. The topological polar surface area (TPSA) is 59.2 Å². The van der Waals surface area contributed by atoms with E-state index in [9.17, 15) is 5.11 Å². The van der Waals surface area contributed by atoms with Gasteiger partial charge < -0.3 is 9.52 Å². The van der Waals surface area contributed by atoms with Gasteiger partial charge in [-0.25, -0.2) is 4.98 Å². The normalized spacial score (nSPS) is 11.0. The second-order valence-corrected chi connectivity index (χ2v) is 8.43. The van der Waals surface area contributed by atoms with Crippen LogP contribution in [0.2, 0.25) is 0 Å². The molecule has 6 rings (SSSR count). The zero-order valence-corrected chi connectivity index (χ0v) is 21.4. The van der Waals surface area contributed by atoms with Crippen LogP contribution in [0.4, 0.5) is 0 Å². The van der Waals surface area contributed by atoms with Crippen molar-refractivity contribution in [3.05, 3.63) is 102 Å². The maximum atomic E-state index is 10.3. The average Bonchev–Trinajstić information content (AvgIpc) is 3.31. The van der Waals surface area contributed by atoms with Gasteiger partial charge in [0.25, 0.3) is 0 Å². The molecule has 0 aliphatic heterocycles. The smallest absolute Gasteiger partial charge is 0.230 e. The standard InChI is InChI=1S/C30H21N2O2.Pt/c1-18-16-25(28-22(19(18)2)12-7-15-31-28)21-9-5-8-20(17-21)23-11-6-14-27-29(23)32-30(34-27)24-10-3-4-13-26(24)33;/h3-16,33H,1-2H3;/q-1;. The van der Waals surface area contributed by atoms with E-state index in [1.54, 1.807) is 18.2 Å². The van der Waals surface area contributed by atoms with Crippen molar-refractivity contribution in [2.45, 2.75) is 13.8 Å². The minimum Gasteiger partial charge on any atom is -0.507 e. The van der Waals surface area contributed by atoms with Crippen molar-refractivity contribution >= 4 is 22.0 Å². The van der Waals surface area contributed by atoms with Gasteiger partial charge in [0.2, 0.25) is 5.89 Å². The van der Waals surface area contributed by atoms with E-state index in [0.29, 0.717) is 17.0 Å². The van der Waals surface area contributed by atoms with E-state index >= 15 is 0 Å². The van der Waals surface area contributed by atoms with Gasteiger partial charge in [-0.1, -0.05) is 53.1 Å². The van der Waals surface area contributed by atoms with Crippen molar-refractivity contribution in [1.82, 2.24) is 9.97 Å². The van der Waals surface area contributed by atoms with E-state index in [-0.39, 0.29) is 26.8 Å². The molecular formula is C30H21N2O2Pt-. The molecule has 35 heavy (non-hydrogen) atoms. The summed E-state index contributed by atoms with van der Waals surface area (Å²) in [7, 11) is 0. The largest absolute Gasteiger partial charge is 0.507 e.